The van der Waals surface area contributed by atoms with Crippen LogP contribution in [0, 0.1) is 5.92 Å². The molecule has 0 aliphatic heterocycles. The minimum Gasteiger partial charge on any atom is -0.481 e. The summed E-state index contributed by atoms with van der Waals surface area (Å²) in [7, 11) is -3.71. The van der Waals surface area contributed by atoms with Crippen molar-refractivity contribution in [3.05, 3.63) is 6.20 Å². The highest BCUT2D eigenvalue weighted by Gasteiger charge is 2.29. The predicted molar refractivity (Wildman–Crippen MR) is 80.1 cm³/mol. The number of sulfonamides is 1. The largest absolute Gasteiger partial charge is 0.481 e. The minimum absolute atomic E-state index is 0.0246. The van der Waals surface area contributed by atoms with Gasteiger partial charge in [0, 0.05) is 13.0 Å². The Labute approximate surface area is 132 Å². The van der Waals surface area contributed by atoms with Crippen LogP contribution >= 0.6 is 11.3 Å². The number of carbonyl (C=O) groups is 2. The van der Waals surface area contributed by atoms with Crippen molar-refractivity contribution >= 4 is 38.4 Å². The number of carboxylic acid groups (broad SMARTS) is 1. The van der Waals surface area contributed by atoms with E-state index in [1.54, 1.807) is 0 Å². The number of anilines is 1. The van der Waals surface area contributed by atoms with Crippen LogP contribution in [0.4, 0.5) is 5.13 Å². The Kier molecular flexibility index (Phi) is 5.14. The summed E-state index contributed by atoms with van der Waals surface area (Å²) in [5, 5.41) is 11.6. The number of rotatable bonds is 5. The van der Waals surface area contributed by atoms with E-state index >= 15 is 0 Å². The molecule has 1 aromatic heterocycles. The second-order valence-corrected chi connectivity index (χ2v) is 8.15. The smallest absolute Gasteiger partial charge is 0.306 e. The van der Waals surface area contributed by atoms with Gasteiger partial charge in [-0.2, -0.15) is 0 Å². The zero-order valence-electron chi connectivity index (χ0n) is 11.9. The number of nitrogens with zero attached hydrogens (tertiary/aromatic N) is 1. The number of carbonyl (C=O) groups excluding carboxylic acids is 1. The van der Waals surface area contributed by atoms with E-state index in [0.29, 0.717) is 25.7 Å². The lowest BCUT2D eigenvalue weighted by Crippen LogP contribution is -2.38. The van der Waals surface area contributed by atoms with E-state index in [-0.39, 0.29) is 21.3 Å². The van der Waals surface area contributed by atoms with E-state index in [2.05, 4.69) is 15.0 Å². The van der Waals surface area contributed by atoms with Gasteiger partial charge >= 0.3 is 5.97 Å². The van der Waals surface area contributed by atoms with Gasteiger partial charge in [0.15, 0.2) is 9.34 Å². The summed E-state index contributed by atoms with van der Waals surface area (Å²) in [5.74, 6) is -1.54. The van der Waals surface area contributed by atoms with E-state index in [4.69, 9.17) is 5.11 Å². The lowest BCUT2D eigenvalue weighted by atomic mass is 9.87. The third-order valence-corrected chi connectivity index (χ3v) is 6.32. The van der Waals surface area contributed by atoms with Crippen LogP contribution in [0.5, 0.6) is 0 Å². The fourth-order valence-electron chi connectivity index (χ4n) is 2.33. The molecule has 1 aliphatic carbocycles. The van der Waals surface area contributed by atoms with E-state index in [1.165, 1.54) is 13.1 Å². The van der Waals surface area contributed by atoms with Crippen molar-refractivity contribution in [2.45, 2.75) is 42.9 Å². The van der Waals surface area contributed by atoms with Gasteiger partial charge in [-0.05, 0) is 25.7 Å². The molecule has 10 heteroatoms. The van der Waals surface area contributed by atoms with Crippen LogP contribution in [0.2, 0.25) is 0 Å². The highest BCUT2D eigenvalue weighted by molar-refractivity contribution is 7.91. The van der Waals surface area contributed by atoms with E-state index in [9.17, 15) is 18.0 Å². The molecule has 1 heterocycles. The molecule has 1 amide bonds. The molecule has 22 heavy (non-hydrogen) atoms. The third-order valence-electron chi connectivity index (χ3n) is 3.43. The van der Waals surface area contributed by atoms with Crippen molar-refractivity contribution in [2.75, 3.05) is 5.32 Å². The quantitative estimate of drug-likeness (QED) is 0.730. The maximum absolute atomic E-state index is 12.2. The van der Waals surface area contributed by atoms with Gasteiger partial charge in [0.05, 0.1) is 12.1 Å². The summed E-state index contributed by atoms with van der Waals surface area (Å²) in [4.78, 5) is 25.6. The molecule has 0 spiro atoms. The number of amides is 1. The highest BCUT2D eigenvalue weighted by atomic mass is 32.2. The normalized spacial score (nSPS) is 22.2. The van der Waals surface area contributed by atoms with Crippen molar-refractivity contribution in [3.8, 4) is 0 Å². The molecule has 8 nitrogen and oxygen atoms in total. The van der Waals surface area contributed by atoms with Crippen LogP contribution in [0.15, 0.2) is 10.4 Å². The Morgan fingerprint density at radius 2 is 1.95 bits per heavy atom. The fourth-order valence-corrected chi connectivity index (χ4v) is 4.73. The molecule has 1 fully saturated rings. The molecule has 0 saturated heterocycles. The van der Waals surface area contributed by atoms with Crippen LogP contribution in [0.25, 0.3) is 0 Å². The standard InChI is InChI=1S/C12H17N3O5S2/c1-7(16)14-12-13-6-10(21-12)22(19,20)15-9-4-2-8(3-5-9)11(17)18/h6,8-9,15H,2-5H2,1H3,(H,17,18)(H,13,14,16). The molecule has 1 aromatic rings. The second-order valence-electron chi connectivity index (χ2n) is 5.17. The number of hydrogen-bond acceptors (Lipinski definition) is 6. The number of carboxylic acids is 1. The van der Waals surface area contributed by atoms with E-state index in [0.717, 1.165) is 11.3 Å². The monoisotopic (exact) mass is 347 g/mol. The molecule has 0 radical (unpaired) electrons. The first-order valence-electron chi connectivity index (χ1n) is 6.76. The molecule has 0 bridgehead atoms. The Balaban J connectivity index is 1.98. The molecule has 122 valence electrons. The van der Waals surface area contributed by atoms with Crippen molar-refractivity contribution in [1.29, 1.82) is 0 Å². The van der Waals surface area contributed by atoms with E-state index < -0.39 is 21.9 Å². The SMILES string of the molecule is CC(=O)Nc1ncc(S(=O)(=O)NC2CCC(C(=O)O)CC2)s1. The predicted octanol–water partition coefficient (Wildman–Crippen LogP) is 1.02. The van der Waals surface area contributed by atoms with Crippen LogP contribution in [-0.2, 0) is 19.6 Å². The Hall–Kier alpha value is -1.52. The number of aromatic nitrogens is 1. The Morgan fingerprint density at radius 3 is 2.50 bits per heavy atom. The summed E-state index contributed by atoms with van der Waals surface area (Å²) in [6.45, 7) is 1.31. The summed E-state index contributed by atoms with van der Waals surface area (Å²) in [6, 6.07) is -0.271. The van der Waals surface area contributed by atoms with Crippen molar-refractivity contribution in [2.24, 2.45) is 5.92 Å². The van der Waals surface area contributed by atoms with Gasteiger partial charge in [-0.1, -0.05) is 11.3 Å². The molecule has 1 aliphatic rings. The second kappa shape index (κ2) is 6.71. The van der Waals surface area contributed by atoms with Crippen LogP contribution < -0.4 is 10.0 Å². The topological polar surface area (TPSA) is 125 Å². The molecular weight excluding hydrogens is 330 g/mol. The summed E-state index contributed by atoms with van der Waals surface area (Å²) in [6.07, 6.45) is 3.10. The van der Waals surface area contributed by atoms with Gasteiger partial charge in [-0.25, -0.2) is 18.1 Å². The summed E-state index contributed by atoms with van der Waals surface area (Å²) in [5.41, 5.74) is 0. The molecule has 2 rings (SSSR count). The maximum atomic E-state index is 12.2. The molecule has 1 saturated carbocycles. The van der Waals surface area contributed by atoms with Gasteiger partial charge in [0.2, 0.25) is 5.91 Å². The van der Waals surface area contributed by atoms with Gasteiger partial charge < -0.3 is 10.4 Å². The number of aliphatic carboxylic acids is 1. The zero-order valence-corrected chi connectivity index (χ0v) is 13.5. The lowest BCUT2D eigenvalue weighted by Gasteiger charge is -2.26. The number of thiazole rings is 1. The first kappa shape index (κ1) is 16.8. The first-order valence-corrected chi connectivity index (χ1v) is 9.06. The van der Waals surface area contributed by atoms with Crippen molar-refractivity contribution in [1.82, 2.24) is 9.71 Å². The Bertz CT molecular complexity index is 662. The average molecular weight is 347 g/mol. The number of nitrogens with one attached hydrogen (secondary N) is 2. The van der Waals surface area contributed by atoms with Crippen molar-refractivity contribution in [3.63, 3.8) is 0 Å². The van der Waals surface area contributed by atoms with Crippen LogP contribution in [0.3, 0.4) is 0 Å². The molecule has 3 N–H and O–H groups in total. The highest BCUT2D eigenvalue weighted by Crippen LogP contribution is 2.27. The van der Waals surface area contributed by atoms with Crippen LogP contribution in [0.1, 0.15) is 32.6 Å². The van der Waals surface area contributed by atoms with Crippen molar-refractivity contribution < 1.29 is 23.1 Å². The first-order chi connectivity index (χ1) is 10.3. The van der Waals surface area contributed by atoms with Gasteiger partial charge in [0.25, 0.3) is 10.0 Å². The van der Waals surface area contributed by atoms with Crippen LogP contribution in [-0.4, -0.2) is 36.4 Å². The lowest BCUT2D eigenvalue weighted by molar-refractivity contribution is -0.142. The Morgan fingerprint density at radius 1 is 1.32 bits per heavy atom. The average Bonchev–Trinajstić information content (AvgIpc) is 2.87. The van der Waals surface area contributed by atoms with Gasteiger partial charge in [-0.15, -0.1) is 0 Å². The zero-order chi connectivity index (χ0) is 16.3. The van der Waals surface area contributed by atoms with Gasteiger partial charge in [0.1, 0.15) is 0 Å². The van der Waals surface area contributed by atoms with Gasteiger partial charge in [-0.3, -0.25) is 9.59 Å². The third kappa shape index (κ3) is 4.24. The fraction of sp³-hybridized carbons (Fsp3) is 0.583. The maximum Gasteiger partial charge on any atom is 0.306 e. The summed E-state index contributed by atoms with van der Waals surface area (Å²) >= 11 is 0.875. The molecular formula is C12H17N3O5S2. The molecule has 0 atom stereocenters. The molecule has 0 unspecified atom stereocenters. The van der Waals surface area contributed by atoms with E-state index in [1.807, 2.05) is 0 Å². The molecule has 0 aromatic carbocycles. The number of hydrogen-bond donors (Lipinski definition) is 3. The minimum atomic E-state index is -3.71. The summed E-state index contributed by atoms with van der Waals surface area (Å²) < 4.78 is 27.1.